The van der Waals surface area contributed by atoms with Gasteiger partial charge in [0, 0.05) is 35.8 Å². The highest BCUT2D eigenvalue weighted by molar-refractivity contribution is 7.09. The lowest BCUT2D eigenvalue weighted by molar-refractivity contribution is -0.137. The van der Waals surface area contributed by atoms with Crippen LogP contribution in [0.1, 0.15) is 52.7 Å². The molecule has 3 aromatic heterocycles. The van der Waals surface area contributed by atoms with Crippen LogP contribution in [0.25, 0.3) is 0 Å². The lowest BCUT2D eigenvalue weighted by Gasteiger charge is -2.17. The Balaban J connectivity index is 1.34. The highest BCUT2D eigenvalue weighted by atomic mass is 32.1. The third-order valence-corrected chi connectivity index (χ3v) is 6.65. The van der Waals surface area contributed by atoms with Crippen molar-refractivity contribution in [2.24, 2.45) is 0 Å². The van der Waals surface area contributed by atoms with Gasteiger partial charge in [0.2, 0.25) is 5.88 Å². The number of pyridine rings is 2. The van der Waals surface area contributed by atoms with E-state index in [4.69, 9.17) is 14.7 Å². The zero-order valence-electron chi connectivity index (χ0n) is 18.2. The summed E-state index contributed by atoms with van der Waals surface area (Å²) in [6.07, 6.45) is 7.39. The second kappa shape index (κ2) is 10.5. The first-order chi connectivity index (χ1) is 15.6. The molecular weight excluding hydrogens is 424 g/mol. The van der Waals surface area contributed by atoms with E-state index in [-0.39, 0.29) is 12.3 Å². The summed E-state index contributed by atoms with van der Waals surface area (Å²) in [5.41, 5.74) is 4.24. The summed E-state index contributed by atoms with van der Waals surface area (Å²) in [5.74, 6) is 0.562. The minimum absolute atomic E-state index is 0.0406. The van der Waals surface area contributed by atoms with Crippen molar-refractivity contribution >= 4 is 23.1 Å². The Morgan fingerprint density at radius 1 is 1.22 bits per heavy atom. The average Bonchev–Trinajstić information content (AvgIpc) is 3.25. The van der Waals surface area contributed by atoms with Crippen LogP contribution in [0.5, 0.6) is 5.88 Å². The molecule has 0 spiro atoms. The number of hydrogen-bond acceptors (Lipinski definition) is 7. The van der Waals surface area contributed by atoms with E-state index in [0.717, 1.165) is 60.0 Å². The monoisotopic (exact) mass is 452 g/mol. The molecule has 4 heterocycles. The smallest absolute Gasteiger partial charge is 0.303 e. The number of rotatable bonds is 10. The predicted octanol–water partition coefficient (Wildman–Crippen LogP) is 4.28. The zero-order chi connectivity index (χ0) is 22.3. The molecule has 1 aliphatic heterocycles. The number of carboxylic acids is 1. The van der Waals surface area contributed by atoms with E-state index in [2.05, 4.69) is 22.4 Å². The second-order valence-electron chi connectivity index (χ2n) is 8.06. The fourth-order valence-corrected chi connectivity index (χ4v) is 4.86. The van der Waals surface area contributed by atoms with Gasteiger partial charge in [-0.3, -0.25) is 4.79 Å². The summed E-state index contributed by atoms with van der Waals surface area (Å²) in [5, 5.41) is 15.9. The van der Waals surface area contributed by atoms with Gasteiger partial charge in [0.15, 0.2) is 0 Å². The SMILES string of the molecule is COc1ccc([C@@H](CC(=O)O)Cc2csc(CCCc3ccc4c(n3)NCCC4)n2)cn1. The van der Waals surface area contributed by atoms with Crippen LogP contribution >= 0.6 is 11.3 Å². The van der Waals surface area contributed by atoms with E-state index in [9.17, 15) is 9.90 Å². The van der Waals surface area contributed by atoms with E-state index in [1.165, 1.54) is 12.0 Å². The molecule has 3 aromatic rings. The number of fused-ring (bicyclic) bond motifs is 1. The first-order valence-electron chi connectivity index (χ1n) is 11.0. The molecule has 168 valence electrons. The molecule has 32 heavy (non-hydrogen) atoms. The Hall–Kier alpha value is -3.00. The number of thiazole rings is 1. The van der Waals surface area contributed by atoms with Crippen LogP contribution in [0, 0.1) is 0 Å². The van der Waals surface area contributed by atoms with Crippen LogP contribution in [0.4, 0.5) is 5.82 Å². The van der Waals surface area contributed by atoms with Crippen LogP contribution in [0.15, 0.2) is 35.8 Å². The lowest BCUT2D eigenvalue weighted by atomic mass is 9.92. The number of methoxy groups -OCH3 is 1. The van der Waals surface area contributed by atoms with Crippen molar-refractivity contribution in [1.29, 1.82) is 0 Å². The topological polar surface area (TPSA) is 97.2 Å². The minimum Gasteiger partial charge on any atom is -0.481 e. The summed E-state index contributed by atoms with van der Waals surface area (Å²) in [6.45, 7) is 1.00. The van der Waals surface area contributed by atoms with Crippen molar-refractivity contribution in [3.05, 3.63) is 63.4 Å². The van der Waals surface area contributed by atoms with Crippen molar-refractivity contribution in [3.63, 3.8) is 0 Å². The highest BCUT2D eigenvalue weighted by Crippen LogP contribution is 2.26. The van der Waals surface area contributed by atoms with Crippen molar-refractivity contribution < 1.29 is 14.6 Å². The molecule has 0 saturated heterocycles. The Labute approximate surface area is 191 Å². The summed E-state index contributed by atoms with van der Waals surface area (Å²) in [7, 11) is 1.56. The van der Waals surface area contributed by atoms with Crippen LogP contribution in [-0.2, 0) is 30.5 Å². The highest BCUT2D eigenvalue weighted by Gasteiger charge is 2.19. The standard InChI is InChI=1S/C24H28N4O3S/c1-31-21-10-8-17(14-26-21)18(13-23(29)30)12-20-15-32-22(27-20)6-2-5-19-9-7-16-4-3-11-25-24(16)28-19/h7-10,14-15,18H,2-6,11-13H2,1H3,(H,25,28)(H,29,30)/t18-/m1/s1. The average molecular weight is 453 g/mol. The maximum absolute atomic E-state index is 11.4. The number of hydrogen-bond donors (Lipinski definition) is 2. The summed E-state index contributed by atoms with van der Waals surface area (Å²) >= 11 is 1.64. The zero-order valence-corrected chi connectivity index (χ0v) is 19.0. The molecule has 1 aliphatic rings. The second-order valence-corrected chi connectivity index (χ2v) is 9.00. The molecule has 0 aliphatic carbocycles. The van der Waals surface area contributed by atoms with Gasteiger partial charge in [-0.1, -0.05) is 12.1 Å². The van der Waals surface area contributed by atoms with Gasteiger partial charge in [-0.2, -0.15) is 0 Å². The maximum atomic E-state index is 11.4. The maximum Gasteiger partial charge on any atom is 0.303 e. The predicted molar refractivity (Wildman–Crippen MR) is 125 cm³/mol. The number of nitrogens with one attached hydrogen (secondary N) is 1. The van der Waals surface area contributed by atoms with Gasteiger partial charge < -0.3 is 15.2 Å². The first-order valence-corrected chi connectivity index (χ1v) is 11.9. The minimum atomic E-state index is -0.826. The van der Waals surface area contributed by atoms with Crippen molar-refractivity contribution in [2.45, 2.75) is 50.9 Å². The van der Waals surface area contributed by atoms with Gasteiger partial charge in [-0.25, -0.2) is 15.0 Å². The molecule has 0 saturated carbocycles. The molecule has 0 fully saturated rings. The molecule has 7 nitrogen and oxygen atoms in total. The number of carbonyl (C=O) groups is 1. The van der Waals surface area contributed by atoms with E-state index in [1.54, 1.807) is 30.7 Å². The molecule has 0 aromatic carbocycles. The van der Waals surface area contributed by atoms with Gasteiger partial charge in [0.25, 0.3) is 0 Å². The summed E-state index contributed by atoms with van der Waals surface area (Å²) < 4.78 is 5.10. The molecule has 8 heteroatoms. The summed E-state index contributed by atoms with van der Waals surface area (Å²) in [6, 6.07) is 7.98. The van der Waals surface area contributed by atoms with Crippen LogP contribution in [0.3, 0.4) is 0 Å². The Kier molecular flexibility index (Phi) is 7.32. The largest absolute Gasteiger partial charge is 0.481 e. The Morgan fingerprint density at radius 3 is 2.91 bits per heavy atom. The number of anilines is 1. The Morgan fingerprint density at radius 2 is 2.12 bits per heavy atom. The van der Waals surface area contributed by atoms with Crippen LogP contribution in [-0.4, -0.2) is 39.7 Å². The molecule has 1 atom stereocenters. The molecule has 0 amide bonds. The van der Waals surface area contributed by atoms with E-state index in [1.807, 2.05) is 11.4 Å². The molecule has 0 bridgehead atoms. The summed E-state index contributed by atoms with van der Waals surface area (Å²) in [4.78, 5) is 25.1. The molecule has 4 rings (SSSR count). The third kappa shape index (κ3) is 5.82. The van der Waals surface area contributed by atoms with Crippen molar-refractivity contribution in [3.8, 4) is 5.88 Å². The molecule has 0 unspecified atom stereocenters. The fourth-order valence-electron chi connectivity index (χ4n) is 4.01. The normalized spacial score (nSPS) is 13.8. The quantitative estimate of drug-likeness (QED) is 0.474. The molecule has 2 N–H and O–H groups in total. The lowest BCUT2D eigenvalue weighted by Crippen LogP contribution is -2.14. The van der Waals surface area contributed by atoms with E-state index in [0.29, 0.717) is 12.3 Å². The number of aliphatic carboxylic acids is 1. The number of ether oxygens (including phenoxy) is 1. The third-order valence-electron chi connectivity index (χ3n) is 5.69. The fraction of sp³-hybridized carbons (Fsp3) is 0.417. The number of aryl methyl sites for hydroxylation is 3. The van der Waals surface area contributed by atoms with Gasteiger partial charge >= 0.3 is 5.97 Å². The van der Waals surface area contributed by atoms with Crippen LogP contribution < -0.4 is 10.1 Å². The van der Waals surface area contributed by atoms with Gasteiger partial charge in [-0.05, 0) is 55.7 Å². The molecule has 0 radical (unpaired) electrons. The number of aromatic nitrogens is 3. The number of nitrogens with zero attached hydrogens (tertiary/aromatic N) is 3. The van der Waals surface area contributed by atoms with Crippen molar-refractivity contribution in [2.75, 3.05) is 19.0 Å². The van der Waals surface area contributed by atoms with Gasteiger partial charge in [0.1, 0.15) is 5.82 Å². The molecular formula is C24H28N4O3S. The van der Waals surface area contributed by atoms with Gasteiger partial charge in [0.05, 0.1) is 24.2 Å². The first kappa shape index (κ1) is 22.2. The van der Waals surface area contributed by atoms with E-state index < -0.39 is 5.97 Å². The van der Waals surface area contributed by atoms with E-state index >= 15 is 0 Å². The van der Waals surface area contributed by atoms with Crippen LogP contribution in [0.2, 0.25) is 0 Å². The van der Waals surface area contributed by atoms with Crippen molar-refractivity contribution in [1.82, 2.24) is 15.0 Å². The number of carboxylic acid groups (broad SMARTS) is 1. The van der Waals surface area contributed by atoms with Gasteiger partial charge in [-0.15, -0.1) is 11.3 Å². The Bertz CT molecular complexity index is 1050.